The molecule has 0 aromatic carbocycles. The predicted molar refractivity (Wildman–Crippen MR) is 74.3 cm³/mol. The molecule has 0 aromatic heterocycles. The summed E-state index contributed by atoms with van der Waals surface area (Å²) < 4.78 is 0. The molecule has 2 fully saturated rings. The van der Waals surface area contributed by atoms with E-state index in [4.69, 9.17) is 0 Å². The van der Waals surface area contributed by atoms with Crippen LogP contribution >= 0.6 is 0 Å². The minimum atomic E-state index is 0.768. The van der Waals surface area contributed by atoms with Crippen LogP contribution in [0, 0.1) is 0 Å². The zero-order valence-electron chi connectivity index (χ0n) is 11.9. The summed E-state index contributed by atoms with van der Waals surface area (Å²) >= 11 is 0. The first-order chi connectivity index (χ1) is 8.27. The second-order valence-corrected chi connectivity index (χ2v) is 5.99. The van der Waals surface area contributed by atoms with Crippen LogP contribution in [0.1, 0.15) is 65.7 Å². The lowest BCUT2D eigenvalue weighted by atomic mass is 10.1. The fourth-order valence-corrected chi connectivity index (χ4v) is 3.97. The fourth-order valence-electron chi connectivity index (χ4n) is 3.97. The lowest BCUT2D eigenvalue weighted by Gasteiger charge is -2.37. The van der Waals surface area contributed by atoms with Gasteiger partial charge in [-0.3, -0.25) is 4.90 Å². The number of hydrogen-bond acceptors (Lipinski definition) is 2. The number of rotatable bonds is 5. The van der Waals surface area contributed by atoms with Crippen LogP contribution in [-0.4, -0.2) is 35.6 Å². The van der Waals surface area contributed by atoms with Crippen molar-refractivity contribution in [3.63, 3.8) is 0 Å². The van der Waals surface area contributed by atoms with Crippen molar-refractivity contribution in [1.82, 2.24) is 10.2 Å². The topological polar surface area (TPSA) is 15.3 Å². The molecule has 1 heterocycles. The fraction of sp³-hybridized carbons (Fsp3) is 1.00. The highest BCUT2D eigenvalue weighted by Gasteiger charge is 2.40. The van der Waals surface area contributed by atoms with E-state index < -0.39 is 0 Å². The number of hydrogen-bond donors (Lipinski definition) is 1. The molecular weight excluding hydrogens is 208 g/mol. The minimum absolute atomic E-state index is 0.768. The molecule has 0 radical (unpaired) electrons. The van der Waals surface area contributed by atoms with Crippen molar-refractivity contribution in [2.24, 2.45) is 0 Å². The lowest BCUT2D eigenvalue weighted by Crippen LogP contribution is -2.51. The molecule has 0 aromatic rings. The first kappa shape index (κ1) is 13.4. The normalized spacial score (nSPS) is 39.0. The third kappa shape index (κ3) is 2.85. The maximum Gasteiger partial charge on any atom is 0.0255 e. The third-order valence-corrected chi connectivity index (χ3v) is 4.84. The molecule has 1 N–H and O–H groups in total. The van der Waals surface area contributed by atoms with E-state index in [0.29, 0.717) is 0 Å². The summed E-state index contributed by atoms with van der Waals surface area (Å²) in [6, 6.07) is 3.27. The summed E-state index contributed by atoms with van der Waals surface area (Å²) in [5.74, 6) is 0. The molecule has 0 bridgehead atoms. The van der Waals surface area contributed by atoms with Crippen molar-refractivity contribution in [2.45, 2.75) is 89.9 Å². The van der Waals surface area contributed by atoms with Gasteiger partial charge in [0.05, 0.1) is 0 Å². The quantitative estimate of drug-likeness (QED) is 0.791. The van der Waals surface area contributed by atoms with Crippen LogP contribution in [0.5, 0.6) is 0 Å². The highest BCUT2D eigenvalue weighted by molar-refractivity contribution is 4.97. The molecule has 0 spiro atoms. The average Bonchev–Trinajstić information content (AvgIpc) is 2.92. The molecule has 1 aliphatic heterocycles. The number of likely N-dealkylation sites (tertiary alicyclic amines) is 1. The summed E-state index contributed by atoms with van der Waals surface area (Å²) in [5.41, 5.74) is 0. The Bertz CT molecular complexity index is 229. The molecule has 1 saturated carbocycles. The minimum Gasteiger partial charge on any atom is -0.312 e. The molecule has 1 aliphatic carbocycles. The summed E-state index contributed by atoms with van der Waals surface area (Å²) in [6.45, 7) is 8.26. The van der Waals surface area contributed by atoms with Gasteiger partial charge in [-0.25, -0.2) is 0 Å². The Labute approximate surface area is 107 Å². The summed E-state index contributed by atoms with van der Waals surface area (Å²) in [5, 5.41) is 3.78. The van der Waals surface area contributed by atoms with Crippen LogP contribution in [-0.2, 0) is 0 Å². The van der Waals surface area contributed by atoms with Gasteiger partial charge in [0.15, 0.2) is 0 Å². The van der Waals surface area contributed by atoms with Gasteiger partial charge in [0, 0.05) is 24.2 Å². The summed E-state index contributed by atoms with van der Waals surface area (Å²) in [7, 11) is 0. The highest BCUT2D eigenvalue weighted by atomic mass is 15.3. The van der Waals surface area contributed by atoms with Gasteiger partial charge in [0.25, 0.3) is 0 Å². The number of nitrogens with zero attached hydrogens (tertiary/aromatic N) is 1. The van der Waals surface area contributed by atoms with Crippen molar-refractivity contribution >= 4 is 0 Å². The van der Waals surface area contributed by atoms with Crippen LogP contribution in [0.3, 0.4) is 0 Å². The van der Waals surface area contributed by atoms with E-state index >= 15 is 0 Å². The van der Waals surface area contributed by atoms with E-state index in [1.54, 1.807) is 0 Å². The van der Waals surface area contributed by atoms with Gasteiger partial charge in [0.2, 0.25) is 0 Å². The van der Waals surface area contributed by atoms with Crippen LogP contribution < -0.4 is 5.32 Å². The van der Waals surface area contributed by atoms with Crippen LogP contribution in [0.25, 0.3) is 0 Å². The maximum absolute atomic E-state index is 3.78. The third-order valence-electron chi connectivity index (χ3n) is 4.84. The van der Waals surface area contributed by atoms with Gasteiger partial charge in [-0.1, -0.05) is 20.3 Å². The van der Waals surface area contributed by atoms with Crippen LogP contribution in [0.4, 0.5) is 0 Å². The van der Waals surface area contributed by atoms with Gasteiger partial charge in [-0.05, 0) is 52.0 Å². The van der Waals surface area contributed by atoms with E-state index in [0.717, 1.165) is 24.2 Å². The van der Waals surface area contributed by atoms with E-state index in [-0.39, 0.29) is 0 Å². The Balaban J connectivity index is 1.98. The van der Waals surface area contributed by atoms with Gasteiger partial charge >= 0.3 is 0 Å². The molecule has 2 rings (SSSR count). The first-order valence-corrected chi connectivity index (χ1v) is 7.78. The molecule has 0 amide bonds. The van der Waals surface area contributed by atoms with E-state index in [2.05, 4.69) is 31.0 Å². The van der Waals surface area contributed by atoms with Gasteiger partial charge in [-0.2, -0.15) is 0 Å². The Morgan fingerprint density at radius 2 is 1.94 bits per heavy atom. The van der Waals surface area contributed by atoms with Gasteiger partial charge in [0.1, 0.15) is 0 Å². The SMILES string of the molecule is CCCNC1CCCC1N1C(C)CCC1CC. The Morgan fingerprint density at radius 1 is 1.12 bits per heavy atom. The smallest absolute Gasteiger partial charge is 0.0255 e. The van der Waals surface area contributed by atoms with E-state index in [1.165, 1.54) is 51.5 Å². The molecule has 17 heavy (non-hydrogen) atoms. The second kappa shape index (κ2) is 6.19. The van der Waals surface area contributed by atoms with Crippen molar-refractivity contribution in [1.29, 1.82) is 0 Å². The lowest BCUT2D eigenvalue weighted by molar-refractivity contribution is 0.116. The van der Waals surface area contributed by atoms with Gasteiger partial charge in [-0.15, -0.1) is 0 Å². The average molecular weight is 238 g/mol. The Morgan fingerprint density at radius 3 is 2.65 bits per heavy atom. The molecule has 2 aliphatic rings. The molecule has 4 atom stereocenters. The zero-order chi connectivity index (χ0) is 12.3. The largest absolute Gasteiger partial charge is 0.312 e. The summed E-state index contributed by atoms with van der Waals surface area (Å²) in [4.78, 5) is 2.86. The molecule has 1 saturated heterocycles. The maximum atomic E-state index is 3.78. The van der Waals surface area contributed by atoms with Gasteiger partial charge < -0.3 is 5.32 Å². The molecule has 2 nitrogen and oxygen atoms in total. The van der Waals surface area contributed by atoms with E-state index in [1.807, 2.05) is 0 Å². The highest BCUT2D eigenvalue weighted by Crippen LogP contribution is 2.35. The standard InChI is InChI=1S/C15H30N2/c1-4-11-16-14-7-6-8-15(14)17-12(3)9-10-13(17)5-2/h12-16H,4-11H2,1-3H3. The second-order valence-electron chi connectivity index (χ2n) is 5.99. The number of nitrogens with one attached hydrogen (secondary N) is 1. The van der Waals surface area contributed by atoms with Crippen molar-refractivity contribution in [3.8, 4) is 0 Å². The van der Waals surface area contributed by atoms with Crippen molar-refractivity contribution in [2.75, 3.05) is 6.54 Å². The van der Waals surface area contributed by atoms with Crippen molar-refractivity contribution in [3.05, 3.63) is 0 Å². The van der Waals surface area contributed by atoms with E-state index in [9.17, 15) is 0 Å². The molecular formula is C15H30N2. The molecule has 100 valence electrons. The predicted octanol–water partition coefficient (Wildman–Crippen LogP) is 3.17. The molecule has 4 unspecified atom stereocenters. The van der Waals surface area contributed by atoms with Crippen LogP contribution in [0.15, 0.2) is 0 Å². The van der Waals surface area contributed by atoms with Crippen molar-refractivity contribution < 1.29 is 0 Å². The Hall–Kier alpha value is -0.0800. The zero-order valence-corrected chi connectivity index (χ0v) is 11.9. The Kier molecular flexibility index (Phi) is 4.87. The molecule has 2 heteroatoms. The monoisotopic (exact) mass is 238 g/mol. The van der Waals surface area contributed by atoms with Crippen LogP contribution in [0.2, 0.25) is 0 Å². The first-order valence-electron chi connectivity index (χ1n) is 7.78. The summed E-state index contributed by atoms with van der Waals surface area (Å²) in [6.07, 6.45) is 9.67.